The topological polar surface area (TPSA) is 25.2 Å². The van der Waals surface area contributed by atoms with Crippen molar-refractivity contribution in [3.63, 3.8) is 0 Å². The highest BCUT2D eigenvalue weighted by Crippen LogP contribution is 2.40. The summed E-state index contributed by atoms with van der Waals surface area (Å²) in [6.07, 6.45) is 4.98. The Morgan fingerprint density at radius 2 is 1.88 bits per heavy atom. The van der Waals surface area contributed by atoms with Crippen LogP contribution >= 0.6 is 0 Å². The maximum absolute atomic E-state index is 10.4. The quantitative estimate of drug-likeness (QED) is 0.783. The third-order valence-electron chi connectivity index (χ3n) is 4.15. The molecule has 0 aliphatic heterocycles. The first-order valence-corrected chi connectivity index (χ1v) is 6.49. The molecule has 0 spiro atoms. The number of fused-ring (bicyclic) bond motifs is 1. The predicted molar refractivity (Wildman–Crippen MR) is 70.6 cm³/mol. The van der Waals surface area contributed by atoms with Gasteiger partial charge in [0.2, 0.25) is 0 Å². The second-order valence-electron chi connectivity index (χ2n) is 5.21. The summed E-state index contributed by atoms with van der Waals surface area (Å²) in [6, 6.07) is 6.67. The molecule has 0 atom stereocenters. The molecule has 1 aromatic carbocycles. The Hall–Kier alpha value is -1.44. The van der Waals surface area contributed by atoms with Crippen LogP contribution in [0.4, 0.5) is 0 Å². The van der Waals surface area contributed by atoms with E-state index in [0.717, 1.165) is 5.39 Å². The lowest BCUT2D eigenvalue weighted by Crippen LogP contribution is -2.05. The van der Waals surface area contributed by atoms with Gasteiger partial charge in [0, 0.05) is 22.5 Å². The Kier molecular flexibility index (Phi) is 2.39. The molecular formula is C15H19NO. The average molecular weight is 229 g/mol. The van der Waals surface area contributed by atoms with Crippen molar-refractivity contribution < 1.29 is 5.11 Å². The number of rotatable bonds is 1. The van der Waals surface area contributed by atoms with Crippen molar-refractivity contribution in [1.29, 1.82) is 0 Å². The molecule has 90 valence electrons. The molecule has 1 saturated carbocycles. The molecule has 0 saturated heterocycles. The van der Waals surface area contributed by atoms with Gasteiger partial charge in [0.25, 0.3) is 0 Å². The van der Waals surface area contributed by atoms with E-state index in [9.17, 15) is 5.11 Å². The van der Waals surface area contributed by atoms with Crippen LogP contribution in [0.1, 0.15) is 43.0 Å². The van der Waals surface area contributed by atoms with Crippen molar-refractivity contribution in [3.05, 3.63) is 29.5 Å². The number of hydrogen-bond acceptors (Lipinski definition) is 1. The van der Waals surface area contributed by atoms with Crippen molar-refractivity contribution in [3.8, 4) is 5.88 Å². The molecule has 1 aromatic heterocycles. The zero-order valence-electron chi connectivity index (χ0n) is 10.5. The molecule has 1 N–H and O–H groups in total. The number of hydrogen-bond donors (Lipinski definition) is 1. The maximum Gasteiger partial charge on any atom is 0.199 e. The molecule has 0 unspecified atom stereocenters. The van der Waals surface area contributed by atoms with Gasteiger partial charge in [-0.2, -0.15) is 0 Å². The molecular weight excluding hydrogens is 210 g/mol. The highest BCUT2D eigenvalue weighted by molar-refractivity contribution is 5.93. The fourth-order valence-corrected chi connectivity index (χ4v) is 3.35. The molecule has 2 aromatic rings. The van der Waals surface area contributed by atoms with Gasteiger partial charge < -0.3 is 9.67 Å². The van der Waals surface area contributed by atoms with Crippen molar-refractivity contribution in [1.82, 2.24) is 4.57 Å². The van der Waals surface area contributed by atoms with E-state index in [2.05, 4.69) is 24.5 Å². The summed E-state index contributed by atoms with van der Waals surface area (Å²) >= 11 is 0. The number of benzene rings is 1. The fourth-order valence-electron chi connectivity index (χ4n) is 3.35. The predicted octanol–water partition coefficient (Wildman–Crippen LogP) is 4.08. The van der Waals surface area contributed by atoms with Crippen LogP contribution in [0.5, 0.6) is 5.88 Å². The summed E-state index contributed by atoms with van der Waals surface area (Å²) < 4.78 is 2.16. The van der Waals surface area contributed by atoms with Crippen LogP contribution in [0.25, 0.3) is 10.8 Å². The molecule has 0 amide bonds. The molecule has 1 heterocycles. The van der Waals surface area contributed by atoms with Crippen LogP contribution in [0, 0.1) is 13.8 Å². The fraction of sp³-hybridized carbons (Fsp3) is 0.467. The normalized spacial score (nSPS) is 17.1. The summed E-state index contributed by atoms with van der Waals surface area (Å²) in [4.78, 5) is 0. The monoisotopic (exact) mass is 229 g/mol. The highest BCUT2D eigenvalue weighted by atomic mass is 16.3. The van der Waals surface area contributed by atoms with Crippen LogP contribution in [-0.4, -0.2) is 9.67 Å². The summed E-state index contributed by atoms with van der Waals surface area (Å²) in [6.45, 7) is 4.25. The molecule has 0 radical (unpaired) electrons. The van der Waals surface area contributed by atoms with Crippen LogP contribution in [-0.2, 0) is 0 Å². The van der Waals surface area contributed by atoms with E-state index in [-0.39, 0.29) is 0 Å². The molecule has 3 rings (SSSR count). The summed E-state index contributed by atoms with van der Waals surface area (Å²) in [5, 5.41) is 12.7. The standard InChI is InChI=1S/C15H19NO/c1-10-6-5-9-13-14(10)11(2)16(15(13)17)12-7-3-4-8-12/h5-6,9,12,17H,3-4,7-8H2,1-2H3. The lowest BCUT2D eigenvalue weighted by molar-refractivity contribution is 0.383. The lowest BCUT2D eigenvalue weighted by Gasteiger charge is -2.15. The van der Waals surface area contributed by atoms with E-state index in [1.807, 2.05) is 12.1 Å². The van der Waals surface area contributed by atoms with Crippen LogP contribution in [0.15, 0.2) is 18.2 Å². The van der Waals surface area contributed by atoms with Crippen molar-refractivity contribution in [2.75, 3.05) is 0 Å². The van der Waals surface area contributed by atoms with Crippen molar-refractivity contribution in [2.24, 2.45) is 0 Å². The van der Waals surface area contributed by atoms with Gasteiger partial charge in [-0.15, -0.1) is 0 Å². The Bertz CT molecular complexity index is 562. The number of aromatic hydroxyl groups is 1. The molecule has 17 heavy (non-hydrogen) atoms. The highest BCUT2D eigenvalue weighted by Gasteiger charge is 2.23. The van der Waals surface area contributed by atoms with Gasteiger partial charge in [-0.1, -0.05) is 25.0 Å². The van der Waals surface area contributed by atoms with Gasteiger partial charge in [-0.05, 0) is 38.3 Å². The van der Waals surface area contributed by atoms with E-state index in [1.54, 1.807) is 0 Å². The van der Waals surface area contributed by atoms with E-state index in [4.69, 9.17) is 0 Å². The second-order valence-corrected chi connectivity index (χ2v) is 5.21. The van der Waals surface area contributed by atoms with E-state index < -0.39 is 0 Å². The Morgan fingerprint density at radius 1 is 1.18 bits per heavy atom. The third kappa shape index (κ3) is 1.47. The SMILES string of the molecule is Cc1cccc2c(O)n(C3CCCC3)c(C)c12. The first-order chi connectivity index (χ1) is 8.20. The largest absolute Gasteiger partial charge is 0.494 e. The molecule has 1 aliphatic carbocycles. The smallest absolute Gasteiger partial charge is 0.199 e. The summed E-state index contributed by atoms with van der Waals surface area (Å²) in [5.74, 6) is 0.466. The third-order valence-corrected chi connectivity index (χ3v) is 4.15. The molecule has 2 heteroatoms. The number of nitrogens with zero attached hydrogens (tertiary/aromatic N) is 1. The van der Waals surface area contributed by atoms with E-state index >= 15 is 0 Å². The van der Waals surface area contributed by atoms with E-state index in [1.165, 1.54) is 42.3 Å². The van der Waals surface area contributed by atoms with Crippen molar-refractivity contribution in [2.45, 2.75) is 45.6 Å². The summed E-state index contributed by atoms with van der Waals surface area (Å²) in [7, 11) is 0. The Labute approximate surface area is 102 Å². The number of aryl methyl sites for hydroxylation is 2. The molecule has 0 bridgehead atoms. The minimum atomic E-state index is 0.466. The van der Waals surface area contributed by atoms with Crippen LogP contribution in [0.2, 0.25) is 0 Å². The second kappa shape index (κ2) is 3.80. The van der Waals surface area contributed by atoms with Crippen molar-refractivity contribution >= 4 is 10.8 Å². The van der Waals surface area contributed by atoms with Gasteiger partial charge in [-0.25, -0.2) is 0 Å². The van der Waals surface area contributed by atoms with Gasteiger partial charge >= 0.3 is 0 Å². The minimum absolute atomic E-state index is 0.466. The van der Waals surface area contributed by atoms with Crippen LogP contribution in [0.3, 0.4) is 0 Å². The van der Waals surface area contributed by atoms with Crippen LogP contribution < -0.4 is 0 Å². The average Bonchev–Trinajstić information content (AvgIpc) is 2.88. The zero-order chi connectivity index (χ0) is 12.0. The Morgan fingerprint density at radius 3 is 2.53 bits per heavy atom. The first-order valence-electron chi connectivity index (χ1n) is 6.49. The summed E-state index contributed by atoms with van der Waals surface area (Å²) in [5.41, 5.74) is 2.48. The molecule has 2 nitrogen and oxygen atoms in total. The molecule has 1 aliphatic rings. The molecule has 1 fully saturated rings. The first kappa shape index (κ1) is 10.7. The van der Waals surface area contributed by atoms with Gasteiger partial charge in [0.05, 0.1) is 0 Å². The van der Waals surface area contributed by atoms with Gasteiger partial charge in [0.15, 0.2) is 5.88 Å². The van der Waals surface area contributed by atoms with Gasteiger partial charge in [-0.3, -0.25) is 0 Å². The van der Waals surface area contributed by atoms with Gasteiger partial charge in [0.1, 0.15) is 0 Å². The Balaban J connectivity index is 2.28. The zero-order valence-corrected chi connectivity index (χ0v) is 10.5. The maximum atomic E-state index is 10.4. The number of aromatic nitrogens is 1. The lowest BCUT2D eigenvalue weighted by atomic mass is 10.1. The van der Waals surface area contributed by atoms with E-state index in [0.29, 0.717) is 11.9 Å². The minimum Gasteiger partial charge on any atom is -0.494 e.